The van der Waals surface area contributed by atoms with Gasteiger partial charge in [0.25, 0.3) is 0 Å². The van der Waals surface area contributed by atoms with Crippen molar-refractivity contribution in [3.05, 3.63) is 108 Å². The Labute approximate surface area is 211 Å². The molecule has 36 heavy (non-hydrogen) atoms. The van der Waals surface area contributed by atoms with Gasteiger partial charge in [0.1, 0.15) is 6.10 Å². The summed E-state index contributed by atoms with van der Waals surface area (Å²) >= 11 is 0. The molecule has 8 nitrogen and oxygen atoms in total. The Kier molecular flexibility index (Phi) is 10.4. The van der Waals surface area contributed by atoms with Crippen LogP contribution < -0.4 is 5.32 Å². The van der Waals surface area contributed by atoms with Crippen LogP contribution in [-0.2, 0) is 28.7 Å². The monoisotopic (exact) mass is 513 g/mol. The van der Waals surface area contributed by atoms with Crippen LogP contribution >= 0.6 is 7.82 Å². The van der Waals surface area contributed by atoms with Gasteiger partial charge in [-0.15, -0.1) is 0 Å². The lowest BCUT2D eigenvalue weighted by Crippen LogP contribution is -2.46. The van der Waals surface area contributed by atoms with Gasteiger partial charge < -0.3 is 14.7 Å². The highest BCUT2D eigenvalue weighted by atomic mass is 31.2. The standard InChI is InChI=1S/C27H32NO7P/c1-2-26(30)35-25(20-29)21-34-36(31,32)33-19-18-28-27(22-12-6-3-7-13-22,23-14-8-4-9-15-23)24-16-10-5-11-17-24/h3-17,25,28-29H,2,18-21H2,1H3,(H,31,32)/t25-/m0/s1. The molecule has 0 aliphatic carbocycles. The molecule has 3 aromatic rings. The predicted molar refractivity (Wildman–Crippen MR) is 136 cm³/mol. The molecule has 0 saturated carbocycles. The molecule has 0 radical (unpaired) electrons. The fraction of sp³-hybridized carbons (Fsp3) is 0.296. The third-order valence-corrected chi connectivity index (χ3v) is 6.57. The fourth-order valence-corrected chi connectivity index (χ4v) is 4.63. The van der Waals surface area contributed by atoms with Crippen LogP contribution in [0.1, 0.15) is 30.0 Å². The quantitative estimate of drug-likeness (QED) is 0.128. The smallest absolute Gasteiger partial charge is 0.457 e. The molecular formula is C27H32NO7P. The molecule has 3 rings (SSSR count). The fourth-order valence-electron chi connectivity index (χ4n) is 3.88. The zero-order valence-electron chi connectivity index (χ0n) is 20.2. The van der Waals surface area contributed by atoms with Crippen LogP contribution in [0.5, 0.6) is 0 Å². The zero-order valence-corrected chi connectivity index (χ0v) is 21.1. The minimum Gasteiger partial charge on any atom is -0.457 e. The first-order valence-electron chi connectivity index (χ1n) is 11.7. The van der Waals surface area contributed by atoms with E-state index < -0.39 is 38.6 Å². The molecule has 2 atom stereocenters. The molecule has 3 N–H and O–H groups in total. The summed E-state index contributed by atoms with van der Waals surface area (Å²) in [7, 11) is -4.45. The normalized spacial score (nSPS) is 14.1. The van der Waals surface area contributed by atoms with Crippen molar-refractivity contribution >= 4 is 13.8 Å². The first kappa shape index (κ1) is 27.7. The van der Waals surface area contributed by atoms with Crippen LogP contribution in [0.15, 0.2) is 91.0 Å². The lowest BCUT2D eigenvalue weighted by Gasteiger charge is -2.37. The summed E-state index contributed by atoms with van der Waals surface area (Å²) in [6, 6.07) is 29.8. The number of esters is 1. The molecule has 3 aromatic carbocycles. The maximum absolute atomic E-state index is 12.4. The second-order valence-corrected chi connectivity index (χ2v) is 9.47. The number of nitrogens with one attached hydrogen (secondary N) is 1. The van der Waals surface area contributed by atoms with Crippen LogP contribution in [0.4, 0.5) is 0 Å². The maximum Gasteiger partial charge on any atom is 0.472 e. The Hall–Kier alpha value is -2.84. The summed E-state index contributed by atoms with van der Waals surface area (Å²) < 4.78 is 27.4. The van der Waals surface area contributed by atoms with E-state index in [0.717, 1.165) is 16.7 Å². The Bertz CT molecular complexity index is 1020. The van der Waals surface area contributed by atoms with Crippen molar-refractivity contribution in [1.82, 2.24) is 5.32 Å². The van der Waals surface area contributed by atoms with Crippen molar-refractivity contribution in [3.63, 3.8) is 0 Å². The zero-order chi connectivity index (χ0) is 25.9. The average Bonchev–Trinajstić information content (AvgIpc) is 2.92. The van der Waals surface area contributed by atoms with Gasteiger partial charge >= 0.3 is 13.8 Å². The highest BCUT2D eigenvalue weighted by Crippen LogP contribution is 2.43. The molecule has 0 bridgehead atoms. The van der Waals surface area contributed by atoms with E-state index in [1.807, 2.05) is 91.0 Å². The molecule has 0 aromatic heterocycles. The highest BCUT2D eigenvalue weighted by Gasteiger charge is 2.36. The van der Waals surface area contributed by atoms with Crippen LogP contribution in [0.25, 0.3) is 0 Å². The second kappa shape index (κ2) is 13.5. The van der Waals surface area contributed by atoms with Crippen molar-refractivity contribution in [2.45, 2.75) is 25.0 Å². The van der Waals surface area contributed by atoms with Crippen molar-refractivity contribution in [2.75, 3.05) is 26.4 Å². The van der Waals surface area contributed by atoms with Crippen molar-refractivity contribution < 1.29 is 33.1 Å². The largest absolute Gasteiger partial charge is 0.472 e. The SMILES string of the molecule is CCC(=O)O[C@@H](CO)COP(=O)(O)OCCNC(c1ccccc1)(c1ccccc1)c1ccccc1. The van der Waals surface area contributed by atoms with E-state index in [0.29, 0.717) is 0 Å². The van der Waals surface area contributed by atoms with E-state index >= 15 is 0 Å². The molecular weight excluding hydrogens is 481 g/mol. The van der Waals surface area contributed by atoms with Crippen molar-refractivity contribution in [3.8, 4) is 0 Å². The van der Waals surface area contributed by atoms with Gasteiger partial charge in [0, 0.05) is 13.0 Å². The molecule has 9 heteroatoms. The van der Waals surface area contributed by atoms with Crippen LogP contribution in [0, 0.1) is 0 Å². The van der Waals surface area contributed by atoms with Gasteiger partial charge in [-0.1, -0.05) is 97.9 Å². The molecule has 0 saturated heterocycles. The van der Waals surface area contributed by atoms with Gasteiger partial charge in [0.15, 0.2) is 0 Å². The first-order chi connectivity index (χ1) is 17.4. The molecule has 0 spiro atoms. The van der Waals surface area contributed by atoms with E-state index in [1.54, 1.807) is 6.92 Å². The summed E-state index contributed by atoms with van der Waals surface area (Å²) in [5.74, 6) is -0.547. The van der Waals surface area contributed by atoms with Gasteiger partial charge in [-0.2, -0.15) is 0 Å². The van der Waals surface area contributed by atoms with Gasteiger partial charge in [-0.3, -0.25) is 19.2 Å². The van der Waals surface area contributed by atoms with E-state index in [2.05, 4.69) is 5.32 Å². The number of aliphatic hydroxyl groups is 1. The van der Waals surface area contributed by atoms with Crippen LogP contribution in [-0.4, -0.2) is 48.4 Å². The number of carbonyl (C=O) groups is 1. The van der Waals surface area contributed by atoms with Crippen LogP contribution in [0.2, 0.25) is 0 Å². The number of hydrogen-bond acceptors (Lipinski definition) is 7. The van der Waals surface area contributed by atoms with Crippen molar-refractivity contribution in [1.29, 1.82) is 0 Å². The molecule has 0 fully saturated rings. The summed E-state index contributed by atoms with van der Waals surface area (Å²) in [6.45, 7) is 0.666. The molecule has 1 unspecified atom stereocenters. The summed E-state index contributed by atoms with van der Waals surface area (Å²) in [4.78, 5) is 21.5. The first-order valence-corrected chi connectivity index (χ1v) is 13.2. The minimum absolute atomic E-state index is 0.113. The molecule has 0 aliphatic heterocycles. The number of benzene rings is 3. The van der Waals surface area contributed by atoms with Crippen LogP contribution in [0.3, 0.4) is 0 Å². The Morgan fingerprint density at radius 1 is 0.889 bits per heavy atom. The number of hydrogen-bond donors (Lipinski definition) is 3. The summed E-state index contributed by atoms with van der Waals surface area (Å²) in [5, 5.41) is 12.9. The molecule has 0 heterocycles. The Balaban J connectivity index is 1.75. The minimum atomic E-state index is -4.45. The number of rotatable bonds is 14. The third kappa shape index (κ3) is 7.34. The van der Waals surface area contributed by atoms with Gasteiger partial charge in [-0.25, -0.2) is 4.57 Å². The van der Waals surface area contributed by atoms with E-state index in [9.17, 15) is 19.4 Å². The molecule has 0 aliphatic rings. The maximum atomic E-state index is 12.4. The van der Waals surface area contributed by atoms with E-state index in [4.69, 9.17) is 13.8 Å². The van der Waals surface area contributed by atoms with E-state index in [-0.39, 0.29) is 19.6 Å². The Morgan fingerprint density at radius 2 is 1.36 bits per heavy atom. The average molecular weight is 514 g/mol. The summed E-state index contributed by atoms with van der Waals surface area (Å²) in [5.41, 5.74) is 2.24. The summed E-state index contributed by atoms with van der Waals surface area (Å²) in [6.07, 6.45) is -0.942. The number of aliphatic hydroxyl groups excluding tert-OH is 1. The number of carbonyl (C=O) groups excluding carboxylic acids is 1. The topological polar surface area (TPSA) is 114 Å². The van der Waals surface area contributed by atoms with Gasteiger partial charge in [0.2, 0.25) is 0 Å². The lowest BCUT2D eigenvalue weighted by molar-refractivity contribution is -0.152. The second-order valence-electron chi connectivity index (χ2n) is 8.02. The highest BCUT2D eigenvalue weighted by molar-refractivity contribution is 7.47. The number of ether oxygens (including phenoxy) is 1. The number of phosphoric acid groups is 1. The third-order valence-electron chi connectivity index (χ3n) is 5.58. The molecule has 0 amide bonds. The van der Waals surface area contributed by atoms with Gasteiger partial charge in [0.05, 0.1) is 25.4 Å². The van der Waals surface area contributed by atoms with Gasteiger partial charge in [-0.05, 0) is 16.7 Å². The van der Waals surface area contributed by atoms with Crippen molar-refractivity contribution in [2.24, 2.45) is 0 Å². The Morgan fingerprint density at radius 3 is 1.78 bits per heavy atom. The molecule has 192 valence electrons. The van der Waals surface area contributed by atoms with E-state index in [1.165, 1.54) is 0 Å². The lowest BCUT2D eigenvalue weighted by atomic mass is 9.77. The number of phosphoric ester groups is 1. The predicted octanol–water partition coefficient (Wildman–Crippen LogP) is 4.02.